The summed E-state index contributed by atoms with van der Waals surface area (Å²) in [5, 5.41) is 10.7. The third-order valence-electron chi connectivity index (χ3n) is 5.39. The lowest BCUT2D eigenvalue weighted by Crippen LogP contribution is -2.60. The molecule has 1 saturated heterocycles. The van der Waals surface area contributed by atoms with Crippen molar-refractivity contribution in [3.63, 3.8) is 0 Å². The molecule has 15 heteroatoms. The fourth-order valence-corrected chi connectivity index (χ4v) is 3.81. The number of amides is 1. The molecule has 1 amide bonds. The highest BCUT2D eigenvalue weighted by Crippen LogP contribution is 2.34. The minimum atomic E-state index is -1.35. The van der Waals surface area contributed by atoms with E-state index in [-0.39, 0.29) is 19.1 Å². The topological polar surface area (TPSA) is 187 Å². The lowest BCUT2D eigenvalue weighted by Gasteiger charge is -2.44. The predicted octanol–water partition coefficient (Wildman–Crippen LogP) is 0.167. The van der Waals surface area contributed by atoms with Gasteiger partial charge in [0, 0.05) is 39.6 Å². The van der Waals surface area contributed by atoms with Crippen molar-refractivity contribution in [2.45, 2.75) is 71.8 Å². The Kier molecular flexibility index (Phi) is 9.65. The zero-order chi connectivity index (χ0) is 28.7. The van der Waals surface area contributed by atoms with Crippen LogP contribution in [0.3, 0.4) is 0 Å². The Morgan fingerprint density at radius 1 is 0.923 bits per heavy atom. The second-order valence-corrected chi connectivity index (χ2v) is 8.65. The number of hydrogen-bond acceptors (Lipinski definition) is 13. The van der Waals surface area contributed by atoms with Crippen LogP contribution >= 0.6 is 0 Å². The number of nitrogens with zero attached hydrogens (tertiary/aromatic N) is 4. The number of hydrogen-bond donors (Lipinski definition) is 1. The number of carbonyl (C=O) groups is 5. The number of ether oxygens (including phenoxy) is 5. The molecule has 0 bridgehead atoms. The maximum absolute atomic E-state index is 12.4. The molecule has 1 aliphatic rings. The summed E-state index contributed by atoms with van der Waals surface area (Å²) in [6.45, 7) is 5.97. The van der Waals surface area contributed by atoms with Crippen LogP contribution in [0.1, 0.15) is 55.7 Å². The molecule has 1 N–H and O–H groups in total. The first-order valence-corrected chi connectivity index (χ1v) is 11.9. The fourth-order valence-electron chi connectivity index (χ4n) is 3.81. The smallest absolute Gasteiger partial charge is 0.303 e. The lowest BCUT2D eigenvalue weighted by atomic mass is 9.97. The largest absolute Gasteiger partial charge is 0.463 e. The highest BCUT2D eigenvalue weighted by molar-refractivity contribution is 5.93. The average molecular weight is 548 g/mol. The molecular formula is C24H29N5O10. The minimum Gasteiger partial charge on any atom is -0.463 e. The zero-order valence-electron chi connectivity index (χ0n) is 22.0. The van der Waals surface area contributed by atoms with E-state index >= 15 is 0 Å². The summed E-state index contributed by atoms with van der Waals surface area (Å²) < 4.78 is 28.5. The molecule has 39 heavy (non-hydrogen) atoms. The molecule has 0 spiro atoms. The second-order valence-electron chi connectivity index (χ2n) is 8.65. The number of aryl methyl sites for hydroxylation is 1. The Labute approximate surface area is 223 Å². The Balaban J connectivity index is 1.88. The summed E-state index contributed by atoms with van der Waals surface area (Å²) in [4.78, 5) is 63.8. The van der Waals surface area contributed by atoms with Gasteiger partial charge in [-0.2, -0.15) is 0 Å². The van der Waals surface area contributed by atoms with Crippen molar-refractivity contribution in [3.8, 4) is 0 Å². The number of carbonyl (C=O) groups excluding carboxylic acids is 5. The predicted molar refractivity (Wildman–Crippen MR) is 127 cm³/mol. The molecule has 5 atom stereocenters. The van der Waals surface area contributed by atoms with Crippen LogP contribution in [0.5, 0.6) is 0 Å². The van der Waals surface area contributed by atoms with Gasteiger partial charge in [-0.1, -0.05) is 5.21 Å². The molecule has 15 nitrogen and oxygen atoms in total. The molecule has 1 aliphatic heterocycles. The minimum absolute atomic E-state index is 0.0159. The molecule has 0 unspecified atom stereocenters. The quantitative estimate of drug-likeness (QED) is 0.331. The number of esters is 4. The molecule has 1 fully saturated rings. The van der Waals surface area contributed by atoms with Crippen LogP contribution in [0.4, 0.5) is 0 Å². The molecule has 210 valence electrons. The van der Waals surface area contributed by atoms with E-state index in [1.165, 1.54) is 24.0 Å². The van der Waals surface area contributed by atoms with Crippen molar-refractivity contribution in [1.82, 2.24) is 25.3 Å². The van der Waals surface area contributed by atoms with Crippen molar-refractivity contribution in [3.05, 3.63) is 41.5 Å². The van der Waals surface area contributed by atoms with Crippen molar-refractivity contribution in [2.75, 3.05) is 6.61 Å². The van der Waals surface area contributed by atoms with Crippen molar-refractivity contribution >= 4 is 29.8 Å². The number of pyridine rings is 1. The average Bonchev–Trinajstić information content (AvgIpc) is 3.32. The number of nitrogens with one attached hydrogen (secondary N) is 1. The van der Waals surface area contributed by atoms with Crippen LogP contribution in [-0.4, -0.2) is 80.8 Å². The van der Waals surface area contributed by atoms with Gasteiger partial charge < -0.3 is 29.0 Å². The summed E-state index contributed by atoms with van der Waals surface area (Å²) in [6.07, 6.45) is -3.50. The Hall–Kier alpha value is -4.40. The fraction of sp³-hybridized carbons (Fsp3) is 0.500. The molecule has 0 radical (unpaired) electrons. The van der Waals surface area contributed by atoms with E-state index in [2.05, 4.69) is 20.6 Å². The van der Waals surface area contributed by atoms with Gasteiger partial charge in [0.2, 0.25) is 0 Å². The zero-order valence-corrected chi connectivity index (χ0v) is 22.0. The summed E-state index contributed by atoms with van der Waals surface area (Å²) in [5.41, 5.74) is 1.43. The van der Waals surface area contributed by atoms with Gasteiger partial charge in [0.25, 0.3) is 5.91 Å². The maximum atomic E-state index is 12.4. The van der Waals surface area contributed by atoms with E-state index in [0.29, 0.717) is 11.3 Å². The maximum Gasteiger partial charge on any atom is 0.303 e. The monoisotopic (exact) mass is 547 g/mol. The van der Waals surface area contributed by atoms with Gasteiger partial charge in [0.1, 0.15) is 18.4 Å². The van der Waals surface area contributed by atoms with Gasteiger partial charge in [0.15, 0.2) is 24.5 Å². The van der Waals surface area contributed by atoms with Gasteiger partial charge in [-0.25, -0.2) is 4.68 Å². The first-order chi connectivity index (χ1) is 18.4. The second kappa shape index (κ2) is 12.9. The van der Waals surface area contributed by atoms with Crippen LogP contribution in [0, 0.1) is 6.92 Å². The SMILES string of the molecule is CC(=O)OC[C@H]1O[C@@H](n2cc(CNC(=O)c3ccc(C)nc3)nn2)[C@H](OC(C)=O)[C@@H](OC(C)=O)[C@@H]1OC(C)=O. The van der Waals surface area contributed by atoms with Gasteiger partial charge in [-0.05, 0) is 19.1 Å². The summed E-state index contributed by atoms with van der Waals surface area (Å²) in [7, 11) is 0. The molecule has 3 heterocycles. The van der Waals surface area contributed by atoms with E-state index in [4.69, 9.17) is 23.7 Å². The number of rotatable bonds is 9. The van der Waals surface area contributed by atoms with E-state index in [0.717, 1.165) is 26.5 Å². The van der Waals surface area contributed by atoms with Gasteiger partial charge >= 0.3 is 23.9 Å². The van der Waals surface area contributed by atoms with E-state index in [1.807, 2.05) is 0 Å². The third kappa shape index (κ3) is 8.04. The Morgan fingerprint density at radius 3 is 2.15 bits per heavy atom. The van der Waals surface area contributed by atoms with Crippen molar-refractivity contribution < 1.29 is 47.7 Å². The molecular weight excluding hydrogens is 518 g/mol. The highest BCUT2D eigenvalue weighted by atomic mass is 16.7. The van der Waals surface area contributed by atoms with Gasteiger partial charge in [-0.3, -0.25) is 29.0 Å². The Morgan fingerprint density at radius 2 is 1.56 bits per heavy atom. The van der Waals surface area contributed by atoms with E-state index < -0.39 is 54.5 Å². The highest BCUT2D eigenvalue weighted by Gasteiger charge is 2.53. The van der Waals surface area contributed by atoms with Crippen LogP contribution in [-0.2, 0) is 49.4 Å². The van der Waals surface area contributed by atoms with Crippen LogP contribution in [0.15, 0.2) is 24.5 Å². The van der Waals surface area contributed by atoms with Crippen molar-refractivity contribution in [1.29, 1.82) is 0 Å². The number of aromatic nitrogens is 4. The molecule has 3 rings (SSSR count). The summed E-state index contributed by atoms with van der Waals surface area (Å²) in [5.74, 6) is -3.26. The first kappa shape index (κ1) is 29.2. The van der Waals surface area contributed by atoms with Crippen LogP contribution in [0.25, 0.3) is 0 Å². The lowest BCUT2D eigenvalue weighted by molar-refractivity contribution is -0.270. The molecule has 2 aromatic rings. The van der Waals surface area contributed by atoms with Gasteiger partial charge in [0.05, 0.1) is 18.3 Å². The van der Waals surface area contributed by atoms with E-state index in [1.54, 1.807) is 19.1 Å². The van der Waals surface area contributed by atoms with Crippen LogP contribution in [0.2, 0.25) is 0 Å². The molecule has 0 aliphatic carbocycles. The third-order valence-corrected chi connectivity index (χ3v) is 5.39. The molecule has 0 aromatic carbocycles. The summed E-state index contributed by atoms with van der Waals surface area (Å²) in [6, 6.07) is 3.33. The van der Waals surface area contributed by atoms with E-state index in [9.17, 15) is 24.0 Å². The molecule has 0 saturated carbocycles. The van der Waals surface area contributed by atoms with Crippen LogP contribution < -0.4 is 5.32 Å². The first-order valence-electron chi connectivity index (χ1n) is 11.9. The van der Waals surface area contributed by atoms with Gasteiger partial charge in [-0.15, -0.1) is 5.10 Å². The normalized spacial score (nSPS) is 22.3. The summed E-state index contributed by atoms with van der Waals surface area (Å²) >= 11 is 0. The standard InChI is InChI=1S/C24H29N5O10/c1-12-6-7-17(8-25-12)23(34)26-9-18-10-29(28-27-18)24-22(38-16(5)33)21(37-15(4)32)20(36-14(3)31)19(39-24)11-35-13(2)30/h6-8,10,19-22,24H,9,11H2,1-5H3,(H,26,34)/t19-,20-,21+,22-,24-/m1/s1. The van der Waals surface area contributed by atoms with Crippen molar-refractivity contribution in [2.24, 2.45) is 0 Å². The molecule has 2 aromatic heterocycles. The Bertz CT molecular complexity index is 1210.